The molecule has 0 saturated carbocycles. The van der Waals surface area contributed by atoms with Crippen molar-refractivity contribution in [3.05, 3.63) is 29.8 Å². The number of hydrogen-bond donors (Lipinski definition) is 2. The Bertz CT molecular complexity index is 561. The first-order valence-electron chi connectivity index (χ1n) is 10.1. The Morgan fingerprint density at radius 3 is 2.62 bits per heavy atom. The lowest BCUT2D eigenvalue weighted by Crippen LogP contribution is -2.50. The van der Waals surface area contributed by atoms with E-state index in [2.05, 4.69) is 77.4 Å². The first-order valence-corrected chi connectivity index (χ1v) is 10.1. The molecule has 1 aliphatic rings. The number of guanidine groups is 1. The molecule has 1 heterocycles. The molecule has 1 saturated heterocycles. The lowest BCUT2D eigenvalue weighted by molar-refractivity contribution is 0.167. The topological polar surface area (TPSA) is 42.9 Å². The van der Waals surface area contributed by atoms with E-state index in [0.29, 0.717) is 12.1 Å². The Hall–Kier alpha value is -1.75. The molecule has 1 aromatic carbocycles. The van der Waals surface area contributed by atoms with Gasteiger partial charge in [-0.1, -0.05) is 12.1 Å². The first kappa shape index (κ1) is 20.6. The van der Waals surface area contributed by atoms with Gasteiger partial charge in [0.2, 0.25) is 0 Å². The van der Waals surface area contributed by atoms with Crippen LogP contribution in [0.2, 0.25) is 0 Å². The molecule has 0 unspecified atom stereocenters. The quantitative estimate of drug-likeness (QED) is 0.580. The smallest absolute Gasteiger partial charge is 0.191 e. The SMILES string of the molecule is CCN(CCNC(=NC)NC1CCN(C(C)C)CC1)c1cccc(C)c1. The summed E-state index contributed by atoms with van der Waals surface area (Å²) >= 11 is 0. The molecule has 0 amide bonds. The number of aliphatic imine (C=N–C) groups is 1. The summed E-state index contributed by atoms with van der Waals surface area (Å²) in [6.45, 7) is 14.1. The number of nitrogens with zero attached hydrogens (tertiary/aromatic N) is 3. The van der Waals surface area contributed by atoms with E-state index in [0.717, 1.165) is 25.6 Å². The summed E-state index contributed by atoms with van der Waals surface area (Å²) in [6.07, 6.45) is 2.37. The van der Waals surface area contributed by atoms with E-state index in [9.17, 15) is 0 Å². The Morgan fingerprint density at radius 2 is 2.04 bits per heavy atom. The van der Waals surface area contributed by atoms with Gasteiger partial charge in [-0.3, -0.25) is 4.99 Å². The fourth-order valence-corrected chi connectivity index (χ4v) is 3.55. The zero-order valence-electron chi connectivity index (χ0n) is 17.3. The molecule has 1 aromatic rings. The third kappa shape index (κ3) is 6.20. The zero-order chi connectivity index (χ0) is 18.9. The average molecular weight is 360 g/mol. The fraction of sp³-hybridized carbons (Fsp3) is 0.667. The molecule has 0 spiro atoms. The second-order valence-electron chi connectivity index (χ2n) is 7.47. The lowest BCUT2D eigenvalue weighted by Gasteiger charge is -2.35. The van der Waals surface area contributed by atoms with E-state index in [4.69, 9.17) is 0 Å². The molecular weight excluding hydrogens is 322 g/mol. The maximum absolute atomic E-state index is 4.41. The van der Waals surface area contributed by atoms with E-state index in [1.165, 1.54) is 37.2 Å². The van der Waals surface area contributed by atoms with Gasteiger partial charge in [-0.2, -0.15) is 0 Å². The van der Waals surface area contributed by atoms with Crippen molar-refractivity contribution < 1.29 is 0 Å². The van der Waals surface area contributed by atoms with E-state index in [1.807, 2.05) is 7.05 Å². The minimum atomic E-state index is 0.523. The molecule has 0 aliphatic carbocycles. The van der Waals surface area contributed by atoms with Gasteiger partial charge < -0.3 is 20.4 Å². The van der Waals surface area contributed by atoms with Crippen molar-refractivity contribution >= 4 is 11.6 Å². The van der Waals surface area contributed by atoms with Crippen LogP contribution in [-0.2, 0) is 0 Å². The van der Waals surface area contributed by atoms with Crippen LogP contribution in [-0.4, -0.2) is 62.7 Å². The van der Waals surface area contributed by atoms with E-state index >= 15 is 0 Å². The van der Waals surface area contributed by atoms with Gasteiger partial charge in [0.25, 0.3) is 0 Å². The third-order valence-electron chi connectivity index (χ3n) is 5.25. The predicted molar refractivity (Wildman–Crippen MR) is 113 cm³/mol. The van der Waals surface area contributed by atoms with Crippen molar-refractivity contribution in [1.29, 1.82) is 0 Å². The first-order chi connectivity index (χ1) is 12.5. The highest BCUT2D eigenvalue weighted by atomic mass is 15.2. The van der Waals surface area contributed by atoms with Crippen LogP contribution < -0.4 is 15.5 Å². The molecule has 2 rings (SSSR count). The number of likely N-dealkylation sites (tertiary alicyclic amines) is 1. The van der Waals surface area contributed by atoms with Crippen molar-refractivity contribution in [1.82, 2.24) is 15.5 Å². The summed E-state index contributed by atoms with van der Waals surface area (Å²) in [5.74, 6) is 0.924. The average Bonchev–Trinajstić information content (AvgIpc) is 2.64. The molecule has 146 valence electrons. The van der Waals surface area contributed by atoms with Crippen LogP contribution in [0.5, 0.6) is 0 Å². The largest absolute Gasteiger partial charge is 0.370 e. The molecule has 0 radical (unpaired) electrons. The maximum atomic E-state index is 4.41. The summed E-state index contributed by atoms with van der Waals surface area (Å²) in [4.78, 5) is 9.36. The van der Waals surface area contributed by atoms with Gasteiger partial charge in [0.15, 0.2) is 5.96 Å². The van der Waals surface area contributed by atoms with E-state index < -0.39 is 0 Å². The van der Waals surface area contributed by atoms with E-state index in [-0.39, 0.29) is 0 Å². The summed E-state index contributed by atoms with van der Waals surface area (Å²) in [5, 5.41) is 7.08. The van der Waals surface area contributed by atoms with Crippen LogP contribution in [0.4, 0.5) is 5.69 Å². The summed E-state index contributed by atoms with van der Waals surface area (Å²) in [6, 6.07) is 9.88. The molecule has 1 aliphatic heterocycles. The molecule has 5 heteroatoms. The minimum Gasteiger partial charge on any atom is -0.370 e. The zero-order valence-corrected chi connectivity index (χ0v) is 17.3. The van der Waals surface area contributed by atoms with Crippen LogP contribution in [0.25, 0.3) is 0 Å². The molecule has 0 aromatic heterocycles. The number of likely N-dealkylation sites (N-methyl/N-ethyl adjacent to an activating group) is 1. The molecule has 5 nitrogen and oxygen atoms in total. The monoisotopic (exact) mass is 359 g/mol. The highest BCUT2D eigenvalue weighted by molar-refractivity contribution is 5.80. The molecule has 2 N–H and O–H groups in total. The standard InChI is InChI=1S/C21H37N5/c1-6-25(20-9-7-8-18(4)16-20)15-12-23-21(22-5)24-19-10-13-26(14-11-19)17(2)3/h7-9,16-17,19H,6,10-15H2,1-5H3,(H2,22,23,24). The Balaban J connectivity index is 1.76. The van der Waals surface area contributed by atoms with Crippen LogP contribution in [0.15, 0.2) is 29.3 Å². The maximum Gasteiger partial charge on any atom is 0.191 e. The number of aryl methyl sites for hydroxylation is 1. The highest BCUT2D eigenvalue weighted by Crippen LogP contribution is 2.15. The molecule has 1 fully saturated rings. The number of hydrogen-bond acceptors (Lipinski definition) is 3. The van der Waals surface area contributed by atoms with Gasteiger partial charge in [0.05, 0.1) is 0 Å². The van der Waals surface area contributed by atoms with Gasteiger partial charge in [0, 0.05) is 57.5 Å². The third-order valence-corrected chi connectivity index (χ3v) is 5.25. The Labute approximate surface area is 159 Å². The van der Waals surface area contributed by atoms with Crippen molar-refractivity contribution in [3.63, 3.8) is 0 Å². The molecule has 0 bridgehead atoms. The number of piperidine rings is 1. The second kappa shape index (κ2) is 10.4. The fourth-order valence-electron chi connectivity index (χ4n) is 3.55. The number of anilines is 1. The molecule has 26 heavy (non-hydrogen) atoms. The van der Waals surface area contributed by atoms with Gasteiger partial charge in [-0.05, 0) is 58.2 Å². The highest BCUT2D eigenvalue weighted by Gasteiger charge is 2.21. The van der Waals surface area contributed by atoms with Crippen LogP contribution in [0.1, 0.15) is 39.2 Å². The number of benzene rings is 1. The lowest BCUT2D eigenvalue weighted by atomic mass is 10.0. The molecule has 0 atom stereocenters. The van der Waals surface area contributed by atoms with E-state index in [1.54, 1.807) is 0 Å². The molecular formula is C21H37N5. The van der Waals surface area contributed by atoms with Gasteiger partial charge in [-0.15, -0.1) is 0 Å². The minimum absolute atomic E-state index is 0.523. The summed E-state index contributed by atoms with van der Waals surface area (Å²) < 4.78 is 0. The van der Waals surface area contributed by atoms with Crippen molar-refractivity contribution in [2.24, 2.45) is 4.99 Å². The van der Waals surface area contributed by atoms with Crippen molar-refractivity contribution in [3.8, 4) is 0 Å². The summed E-state index contributed by atoms with van der Waals surface area (Å²) in [7, 11) is 1.86. The Morgan fingerprint density at radius 1 is 1.31 bits per heavy atom. The number of rotatable bonds is 7. The van der Waals surface area contributed by atoms with Crippen molar-refractivity contribution in [2.75, 3.05) is 44.7 Å². The van der Waals surface area contributed by atoms with Crippen LogP contribution in [0, 0.1) is 6.92 Å². The van der Waals surface area contributed by atoms with Crippen molar-refractivity contribution in [2.45, 2.75) is 52.6 Å². The summed E-state index contributed by atoms with van der Waals surface area (Å²) in [5.41, 5.74) is 2.59. The van der Waals surface area contributed by atoms with Gasteiger partial charge >= 0.3 is 0 Å². The van der Waals surface area contributed by atoms with Gasteiger partial charge in [-0.25, -0.2) is 0 Å². The number of nitrogens with one attached hydrogen (secondary N) is 2. The normalized spacial score (nSPS) is 16.8. The second-order valence-corrected chi connectivity index (χ2v) is 7.47. The van der Waals surface area contributed by atoms with Gasteiger partial charge in [0.1, 0.15) is 0 Å². The predicted octanol–water partition coefficient (Wildman–Crippen LogP) is 2.86. The van der Waals surface area contributed by atoms with Crippen LogP contribution in [0.3, 0.4) is 0 Å². The van der Waals surface area contributed by atoms with Crippen LogP contribution >= 0.6 is 0 Å². The Kier molecular flexibility index (Phi) is 8.23.